The molecule has 128 valence electrons. The first-order valence-corrected chi connectivity index (χ1v) is 9.01. The number of para-hydroxylation sites is 1. The SMILES string of the molecule is O=C(CSc1nnc(COc2ccccc2)o1)Nc1ccc(Br)cn1. The summed E-state index contributed by atoms with van der Waals surface area (Å²) >= 11 is 4.43. The van der Waals surface area contributed by atoms with Crippen molar-refractivity contribution in [2.45, 2.75) is 11.8 Å². The molecule has 0 aliphatic rings. The number of aromatic nitrogens is 3. The molecule has 7 nitrogen and oxygen atoms in total. The Morgan fingerprint density at radius 2 is 2.04 bits per heavy atom. The highest BCUT2D eigenvalue weighted by Crippen LogP contribution is 2.18. The predicted octanol–water partition coefficient (Wildman–Crippen LogP) is 3.54. The van der Waals surface area contributed by atoms with Crippen molar-refractivity contribution in [3.8, 4) is 5.75 Å². The van der Waals surface area contributed by atoms with Gasteiger partial charge in [0.15, 0.2) is 6.61 Å². The molecule has 3 rings (SSSR count). The second-order valence-corrected chi connectivity index (χ2v) is 6.60. The van der Waals surface area contributed by atoms with Gasteiger partial charge >= 0.3 is 0 Å². The molecule has 0 radical (unpaired) electrons. The zero-order valence-corrected chi connectivity index (χ0v) is 15.3. The lowest BCUT2D eigenvalue weighted by Gasteiger charge is -2.02. The van der Waals surface area contributed by atoms with Crippen LogP contribution in [-0.2, 0) is 11.4 Å². The van der Waals surface area contributed by atoms with Crippen LogP contribution in [0, 0.1) is 0 Å². The number of thioether (sulfide) groups is 1. The van der Waals surface area contributed by atoms with Crippen LogP contribution in [0.5, 0.6) is 5.75 Å². The molecule has 0 saturated heterocycles. The average molecular weight is 421 g/mol. The Morgan fingerprint density at radius 3 is 2.80 bits per heavy atom. The van der Waals surface area contributed by atoms with E-state index in [1.807, 2.05) is 30.3 Å². The molecule has 2 aromatic heterocycles. The molecule has 1 amide bonds. The van der Waals surface area contributed by atoms with Crippen molar-refractivity contribution in [2.24, 2.45) is 0 Å². The molecule has 0 bridgehead atoms. The Bertz CT molecular complexity index is 827. The third-order valence-electron chi connectivity index (χ3n) is 2.88. The number of hydrogen-bond donors (Lipinski definition) is 1. The number of benzene rings is 1. The quantitative estimate of drug-likeness (QED) is 0.584. The Labute approximate surface area is 156 Å². The highest BCUT2D eigenvalue weighted by Gasteiger charge is 2.11. The average Bonchev–Trinajstić information content (AvgIpc) is 3.09. The van der Waals surface area contributed by atoms with Crippen molar-refractivity contribution >= 4 is 39.4 Å². The van der Waals surface area contributed by atoms with Crippen molar-refractivity contribution < 1.29 is 13.9 Å². The highest BCUT2D eigenvalue weighted by atomic mass is 79.9. The van der Waals surface area contributed by atoms with Crippen LogP contribution in [0.25, 0.3) is 0 Å². The summed E-state index contributed by atoms with van der Waals surface area (Å²) in [5.74, 6) is 1.48. The van der Waals surface area contributed by atoms with Gasteiger partial charge in [-0.2, -0.15) is 0 Å². The van der Waals surface area contributed by atoms with E-state index >= 15 is 0 Å². The number of halogens is 1. The molecule has 25 heavy (non-hydrogen) atoms. The molecule has 0 spiro atoms. The van der Waals surface area contributed by atoms with Gasteiger partial charge in [-0.3, -0.25) is 4.79 Å². The minimum atomic E-state index is -0.208. The zero-order chi connectivity index (χ0) is 17.5. The minimum Gasteiger partial charge on any atom is -0.484 e. The molecular formula is C16H13BrN4O3S. The summed E-state index contributed by atoms with van der Waals surface area (Å²) in [4.78, 5) is 16.0. The number of nitrogens with zero attached hydrogens (tertiary/aromatic N) is 3. The van der Waals surface area contributed by atoms with Crippen molar-refractivity contribution in [3.05, 3.63) is 59.0 Å². The van der Waals surface area contributed by atoms with Gasteiger partial charge in [-0.1, -0.05) is 30.0 Å². The number of ether oxygens (including phenoxy) is 1. The maximum Gasteiger partial charge on any atom is 0.277 e. The lowest BCUT2D eigenvalue weighted by Crippen LogP contribution is -2.14. The van der Waals surface area contributed by atoms with Gasteiger partial charge in [0.2, 0.25) is 5.91 Å². The summed E-state index contributed by atoms with van der Waals surface area (Å²) < 4.78 is 11.8. The fraction of sp³-hybridized carbons (Fsp3) is 0.125. The molecule has 0 fully saturated rings. The second-order valence-electron chi connectivity index (χ2n) is 4.76. The van der Waals surface area contributed by atoms with E-state index in [-0.39, 0.29) is 18.3 Å². The van der Waals surface area contributed by atoms with Crippen molar-refractivity contribution in [2.75, 3.05) is 11.1 Å². The lowest BCUT2D eigenvalue weighted by atomic mass is 10.3. The second kappa shape index (κ2) is 8.63. The lowest BCUT2D eigenvalue weighted by molar-refractivity contribution is -0.113. The van der Waals surface area contributed by atoms with E-state index < -0.39 is 0 Å². The fourth-order valence-corrected chi connectivity index (χ4v) is 2.59. The molecule has 1 aromatic carbocycles. The summed E-state index contributed by atoms with van der Waals surface area (Å²) in [5.41, 5.74) is 0. The molecule has 0 atom stereocenters. The van der Waals surface area contributed by atoms with Gasteiger partial charge in [-0.15, -0.1) is 10.2 Å². The molecule has 2 heterocycles. The van der Waals surface area contributed by atoms with Crippen LogP contribution in [0.15, 0.2) is 62.8 Å². The van der Waals surface area contributed by atoms with Crippen LogP contribution in [0.1, 0.15) is 5.89 Å². The van der Waals surface area contributed by atoms with Crippen LogP contribution in [0.4, 0.5) is 5.82 Å². The summed E-state index contributed by atoms with van der Waals surface area (Å²) in [5, 5.41) is 10.8. The number of anilines is 1. The topological polar surface area (TPSA) is 90.1 Å². The van der Waals surface area contributed by atoms with E-state index in [9.17, 15) is 4.79 Å². The molecule has 1 N–H and O–H groups in total. The van der Waals surface area contributed by atoms with Crippen LogP contribution < -0.4 is 10.1 Å². The van der Waals surface area contributed by atoms with Crippen LogP contribution in [0.2, 0.25) is 0 Å². The van der Waals surface area contributed by atoms with Gasteiger partial charge in [0.05, 0.1) is 5.75 Å². The zero-order valence-electron chi connectivity index (χ0n) is 12.9. The third-order valence-corrected chi connectivity index (χ3v) is 4.16. The Balaban J connectivity index is 1.45. The number of nitrogens with one attached hydrogen (secondary N) is 1. The smallest absolute Gasteiger partial charge is 0.277 e. The molecular weight excluding hydrogens is 408 g/mol. The van der Waals surface area contributed by atoms with E-state index in [1.54, 1.807) is 18.3 Å². The van der Waals surface area contributed by atoms with Gasteiger partial charge in [-0.05, 0) is 40.2 Å². The summed E-state index contributed by atoms with van der Waals surface area (Å²) in [6, 6.07) is 12.8. The fourth-order valence-electron chi connectivity index (χ4n) is 1.77. The first-order valence-electron chi connectivity index (χ1n) is 7.23. The maximum absolute atomic E-state index is 11.9. The first kappa shape index (κ1) is 17.4. The molecule has 0 aliphatic heterocycles. The number of carbonyl (C=O) groups excluding carboxylic acids is 1. The molecule has 0 aliphatic carbocycles. The van der Waals surface area contributed by atoms with Crippen molar-refractivity contribution in [3.63, 3.8) is 0 Å². The first-order chi connectivity index (χ1) is 12.2. The van der Waals surface area contributed by atoms with Crippen molar-refractivity contribution in [1.29, 1.82) is 0 Å². The standard InChI is InChI=1S/C16H13BrN4O3S/c17-11-6-7-13(18-8-11)19-14(22)10-25-16-21-20-15(24-16)9-23-12-4-2-1-3-5-12/h1-8H,9-10H2,(H,18,19,22). The Hall–Kier alpha value is -2.39. The van der Waals surface area contributed by atoms with Crippen LogP contribution in [-0.4, -0.2) is 26.8 Å². The highest BCUT2D eigenvalue weighted by molar-refractivity contribution is 9.10. The normalized spacial score (nSPS) is 10.4. The van der Waals surface area contributed by atoms with E-state index in [2.05, 4.69) is 36.4 Å². The van der Waals surface area contributed by atoms with Gasteiger partial charge < -0.3 is 14.5 Å². The number of hydrogen-bond acceptors (Lipinski definition) is 7. The molecule has 9 heteroatoms. The number of amides is 1. The number of pyridine rings is 1. The Kier molecular flexibility index (Phi) is 6.02. The maximum atomic E-state index is 11.9. The van der Waals surface area contributed by atoms with E-state index in [4.69, 9.17) is 9.15 Å². The third kappa shape index (κ3) is 5.57. The van der Waals surface area contributed by atoms with E-state index in [0.717, 1.165) is 22.0 Å². The molecule has 0 unspecified atom stereocenters. The number of carbonyl (C=O) groups is 1. The van der Waals surface area contributed by atoms with Gasteiger partial charge in [0.25, 0.3) is 11.1 Å². The Morgan fingerprint density at radius 1 is 1.20 bits per heavy atom. The van der Waals surface area contributed by atoms with Crippen LogP contribution >= 0.6 is 27.7 Å². The summed E-state index contributed by atoms with van der Waals surface area (Å²) in [6.07, 6.45) is 1.61. The van der Waals surface area contributed by atoms with E-state index in [1.165, 1.54) is 0 Å². The molecule has 3 aromatic rings. The van der Waals surface area contributed by atoms with Crippen molar-refractivity contribution in [1.82, 2.24) is 15.2 Å². The minimum absolute atomic E-state index is 0.138. The van der Waals surface area contributed by atoms with E-state index in [0.29, 0.717) is 16.9 Å². The summed E-state index contributed by atoms with van der Waals surface area (Å²) in [6.45, 7) is 0.173. The summed E-state index contributed by atoms with van der Waals surface area (Å²) in [7, 11) is 0. The number of rotatable bonds is 7. The van der Waals surface area contributed by atoms with Gasteiger partial charge in [-0.25, -0.2) is 4.98 Å². The van der Waals surface area contributed by atoms with Crippen LogP contribution in [0.3, 0.4) is 0 Å². The largest absolute Gasteiger partial charge is 0.484 e. The monoisotopic (exact) mass is 420 g/mol. The van der Waals surface area contributed by atoms with Gasteiger partial charge in [0, 0.05) is 10.7 Å². The molecule has 0 saturated carbocycles. The van der Waals surface area contributed by atoms with Gasteiger partial charge in [0.1, 0.15) is 11.6 Å². The predicted molar refractivity (Wildman–Crippen MR) is 96.4 cm³/mol.